The summed E-state index contributed by atoms with van der Waals surface area (Å²) in [4.78, 5) is 24.5. The number of pyridine rings is 1. The zero-order chi connectivity index (χ0) is 19.6. The molecule has 0 spiro atoms. The number of amides is 1. The minimum atomic E-state index is -0.301. The summed E-state index contributed by atoms with van der Waals surface area (Å²) in [6, 6.07) is 11.1. The van der Waals surface area contributed by atoms with Gasteiger partial charge in [-0.05, 0) is 35.9 Å². The Morgan fingerprint density at radius 2 is 1.86 bits per heavy atom. The van der Waals surface area contributed by atoms with Gasteiger partial charge in [0.25, 0.3) is 5.91 Å². The molecule has 0 aliphatic carbocycles. The molecule has 144 valence electrons. The van der Waals surface area contributed by atoms with Crippen LogP contribution in [0.25, 0.3) is 0 Å². The van der Waals surface area contributed by atoms with Gasteiger partial charge >= 0.3 is 0 Å². The summed E-state index contributed by atoms with van der Waals surface area (Å²) in [5, 5.41) is 5.88. The lowest BCUT2D eigenvalue weighted by molar-refractivity contribution is 0.0941. The topological polar surface area (TPSA) is 98.3 Å². The first kappa shape index (κ1) is 19.1. The molecule has 3 aromatic rings. The molecule has 0 unspecified atom stereocenters. The number of carbonyl (C=O) groups excluding carboxylic acids is 1. The number of hydrogen-bond donors (Lipinski definition) is 2. The molecule has 0 saturated heterocycles. The van der Waals surface area contributed by atoms with Crippen LogP contribution in [0.3, 0.4) is 0 Å². The number of methoxy groups -OCH3 is 1. The second-order valence-corrected chi connectivity index (χ2v) is 5.78. The lowest BCUT2D eigenvalue weighted by Crippen LogP contribution is -2.28. The van der Waals surface area contributed by atoms with Crippen LogP contribution in [-0.2, 0) is 6.54 Å². The SMILES string of the molecule is COc1ccc(OCCNC(=O)c2cnc(NCc3cccnc3)cn2)cc1. The number of rotatable bonds is 9. The van der Waals surface area contributed by atoms with E-state index in [2.05, 4.69) is 25.6 Å². The Kier molecular flexibility index (Phi) is 6.73. The van der Waals surface area contributed by atoms with Gasteiger partial charge in [-0.15, -0.1) is 0 Å². The molecule has 0 aliphatic rings. The lowest BCUT2D eigenvalue weighted by atomic mass is 10.3. The first-order valence-corrected chi connectivity index (χ1v) is 8.74. The summed E-state index contributed by atoms with van der Waals surface area (Å²) in [6.45, 7) is 1.28. The highest BCUT2D eigenvalue weighted by Crippen LogP contribution is 2.16. The average molecular weight is 379 g/mol. The van der Waals surface area contributed by atoms with Gasteiger partial charge in [0.15, 0.2) is 0 Å². The van der Waals surface area contributed by atoms with Crippen molar-refractivity contribution >= 4 is 11.7 Å². The van der Waals surface area contributed by atoms with Crippen LogP contribution < -0.4 is 20.1 Å². The summed E-state index contributed by atoms with van der Waals surface area (Å²) in [6.07, 6.45) is 6.46. The maximum atomic E-state index is 12.1. The third kappa shape index (κ3) is 5.66. The number of nitrogens with zero attached hydrogens (tertiary/aromatic N) is 3. The number of carbonyl (C=O) groups is 1. The predicted octanol–water partition coefficient (Wildman–Crippen LogP) is 2.30. The molecule has 0 radical (unpaired) electrons. The Morgan fingerprint density at radius 3 is 2.54 bits per heavy atom. The van der Waals surface area contributed by atoms with Crippen molar-refractivity contribution in [2.45, 2.75) is 6.54 Å². The van der Waals surface area contributed by atoms with Crippen molar-refractivity contribution in [1.29, 1.82) is 0 Å². The Balaban J connectivity index is 1.40. The summed E-state index contributed by atoms with van der Waals surface area (Å²) >= 11 is 0. The van der Waals surface area contributed by atoms with Crippen LogP contribution in [0.5, 0.6) is 11.5 Å². The van der Waals surface area contributed by atoms with E-state index in [1.54, 1.807) is 19.5 Å². The van der Waals surface area contributed by atoms with Gasteiger partial charge in [0.1, 0.15) is 29.6 Å². The maximum Gasteiger partial charge on any atom is 0.271 e. The van der Waals surface area contributed by atoms with Crippen molar-refractivity contribution in [3.05, 3.63) is 72.4 Å². The van der Waals surface area contributed by atoms with Crippen LogP contribution in [0.2, 0.25) is 0 Å². The molecule has 0 saturated carbocycles. The van der Waals surface area contributed by atoms with Crippen LogP contribution in [0.1, 0.15) is 16.1 Å². The molecule has 0 atom stereocenters. The molecular formula is C20H21N5O3. The Labute approximate surface area is 163 Å². The first-order chi connectivity index (χ1) is 13.7. The number of anilines is 1. The van der Waals surface area contributed by atoms with E-state index in [9.17, 15) is 4.79 Å². The summed E-state index contributed by atoms with van der Waals surface area (Å²) in [5.74, 6) is 1.75. The number of ether oxygens (including phenoxy) is 2. The van der Waals surface area contributed by atoms with E-state index >= 15 is 0 Å². The molecule has 0 aliphatic heterocycles. The third-order valence-corrected chi connectivity index (χ3v) is 3.80. The quantitative estimate of drug-likeness (QED) is 0.551. The lowest BCUT2D eigenvalue weighted by Gasteiger charge is -2.09. The van der Waals surface area contributed by atoms with Gasteiger partial charge < -0.3 is 20.1 Å². The van der Waals surface area contributed by atoms with Crippen molar-refractivity contribution in [3.8, 4) is 11.5 Å². The molecule has 2 N–H and O–H groups in total. The average Bonchev–Trinajstić information content (AvgIpc) is 2.76. The summed E-state index contributed by atoms with van der Waals surface area (Å²) in [7, 11) is 1.61. The van der Waals surface area contributed by atoms with E-state index < -0.39 is 0 Å². The van der Waals surface area contributed by atoms with Crippen LogP contribution in [0.4, 0.5) is 5.82 Å². The van der Waals surface area contributed by atoms with E-state index in [0.29, 0.717) is 31.3 Å². The minimum absolute atomic E-state index is 0.247. The van der Waals surface area contributed by atoms with E-state index in [0.717, 1.165) is 11.3 Å². The Hall–Kier alpha value is -3.68. The molecule has 28 heavy (non-hydrogen) atoms. The largest absolute Gasteiger partial charge is 0.497 e. The van der Waals surface area contributed by atoms with Gasteiger partial charge in [-0.1, -0.05) is 6.07 Å². The minimum Gasteiger partial charge on any atom is -0.497 e. The Bertz CT molecular complexity index is 871. The van der Waals surface area contributed by atoms with Gasteiger partial charge in [0, 0.05) is 18.9 Å². The second kappa shape index (κ2) is 9.86. The molecule has 8 nitrogen and oxygen atoms in total. The predicted molar refractivity (Wildman–Crippen MR) is 104 cm³/mol. The van der Waals surface area contributed by atoms with Gasteiger partial charge in [0.05, 0.1) is 26.0 Å². The summed E-state index contributed by atoms with van der Waals surface area (Å²) < 4.78 is 10.7. The normalized spacial score (nSPS) is 10.2. The molecule has 0 bridgehead atoms. The smallest absolute Gasteiger partial charge is 0.271 e. The molecular weight excluding hydrogens is 358 g/mol. The molecule has 3 rings (SSSR count). The zero-order valence-corrected chi connectivity index (χ0v) is 15.5. The molecule has 0 fully saturated rings. The first-order valence-electron chi connectivity index (χ1n) is 8.74. The standard InChI is InChI=1S/C20H21N5O3/c1-27-16-4-6-17(7-5-16)28-10-9-22-20(26)18-13-25-19(14-23-18)24-12-15-3-2-8-21-11-15/h2-8,11,13-14H,9-10,12H2,1H3,(H,22,26)(H,24,25). The fourth-order valence-electron chi connectivity index (χ4n) is 2.33. The molecule has 8 heteroatoms. The van der Waals surface area contributed by atoms with E-state index in [4.69, 9.17) is 9.47 Å². The highest BCUT2D eigenvalue weighted by Gasteiger charge is 2.07. The highest BCUT2D eigenvalue weighted by molar-refractivity contribution is 5.91. The van der Waals surface area contributed by atoms with Crippen molar-refractivity contribution in [2.75, 3.05) is 25.6 Å². The maximum absolute atomic E-state index is 12.1. The van der Waals surface area contributed by atoms with Gasteiger partial charge in [-0.25, -0.2) is 9.97 Å². The number of benzene rings is 1. The van der Waals surface area contributed by atoms with Crippen molar-refractivity contribution in [2.24, 2.45) is 0 Å². The zero-order valence-electron chi connectivity index (χ0n) is 15.5. The Morgan fingerprint density at radius 1 is 1.04 bits per heavy atom. The van der Waals surface area contributed by atoms with Crippen molar-refractivity contribution < 1.29 is 14.3 Å². The third-order valence-electron chi connectivity index (χ3n) is 3.80. The number of hydrogen-bond acceptors (Lipinski definition) is 7. The van der Waals surface area contributed by atoms with Crippen LogP contribution in [-0.4, -0.2) is 41.1 Å². The van der Waals surface area contributed by atoms with Crippen LogP contribution in [0, 0.1) is 0 Å². The molecule has 1 aromatic carbocycles. The van der Waals surface area contributed by atoms with E-state index in [-0.39, 0.29) is 11.6 Å². The monoisotopic (exact) mass is 379 g/mol. The number of nitrogens with one attached hydrogen (secondary N) is 2. The molecule has 2 heterocycles. The van der Waals surface area contributed by atoms with Crippen molar-refractivity contribution in [1.82, 2.24) is 20.3 Å². The van der Waals surface area contributed by atoms with E-state index in [1.807, 2.05) is 36.4 Å². The van der Waals surface area contributed by atoms with Gasteiger partial charge in [-0.3, -0.25) is 9.78 Å². The second-order valence-electron chi connectivity index (χ2n) is 5.78. The summed E-state index contributed by atoms with van der Waals surface area (Å²) in [5.41, 5.74) is 1.28. The fourth-order valence-corrected chi connectivity index (χ4v) is 2.33. The van der Waals surface area contributed by atoms with Gasteiger partial charge in [-0.2, -0.15) is 0 Å². The molecule has 1 amide bonds. The van der Waals surface area contributed by atoms with Crippen molar-refractivity contribution in [3.63, 3.8) is 0 Å². The molecule has 2 aromatic heterocycles. The van der Waals surface area contributed by atoms with Gasteiger partial charge in [0.2, 0.25) is 0 Å². The highest BCUT2D eigenvalue weighted by atomic mass is 16.5. The number of aromatic nitrogens is 3. The van der Waals surface area contributed by atoms with Crippen LogP contribution >= 0.6 is 0 Å². The fraction of sp³-hybridized carbons (Fsp3) is 0.200. The van der Waals surface area contributed by atoms with E-state index in [1.165, 1.54) is 12.4 Å². The van der Waals surface area contributed by atoms with Crippen LogP contribution in [0.15, 0.2) is 61.2 Å².